The van der Waals surface area contributed by atoms with Crippen molar-refractivity contribution in [3.05, 3.63) is 28.4 Å². The van der Waals surface area contributed by atoms with E-state index < -0.39 is 0 Å². The van der Waals surface area contributed by atoms with Crippen molar-refractivity contribution in [1.29, 1.82) is 0 Å². The molecule has 0 aliphatic carbocycles. The minimum absolute atomic E-state index is 0.351. The number of hydrogen-bond donors (Lipinski definition) is 1. The lowest BCUT2D eigenvalue weighted by molar-refractivity contribution is 0.112. The number of hydrogen-bond acceptors (Lipinski definition) is 2. The van der Waals surface area contributed by atoms with E-state index in [9.17, 15) is 4.79 Å². The average molecular weight is 224 g/mol. The van der Waals surface area contributed by atoms with Crippen LogP contribution >= 0.6 is 11.6 Å². The number of carbonyl (C=O) groups excluding carboxylic acids is 1. The minimum atomic E-state index is 0.351. The van der Waals surface area contributed by atoms with E-state index in [-0.39, 0.29) is 0 Å². The highest BCUT2D eigenvalue weighted by atomic mass is 35.5. The third kappa shape index (κ3) is 1.49. The van der Waals surface area contributed by atoms with E-state index in [0.29, 0.717) is 16.5 Å². The topological polar surface area (TPSA) is 42.1 Å². The van der Waals surface area contributed by atoms with Crippen molar-refractivity contribution in [3.63, 3.8) is 0 Å². The highest BCUT2D eigenvalue weighted by Crippen LogP contribution is 2.32. The molecule has 1 aromatic heterocycles. The second-order valence-electron chi connectivity index (χ2n) is 3.36. The first-order valence-corrected chi connectivity index (χ1v) is 4.86. The zero-order valence-corrected chi connectivity index (χ0v) is 9.18. The molecule has 2 aromatic rings. The number of rotatable bonds is 2. The van der Waals surface area contributed by atoms with Gasteiger partial charge in [-0.05, 0) is 24.6 Å². The third-order valence-electron chi connectivity index (χ3n) is 2.35. The summed E-state index contributed by atoms with van der Waals surface area (Å²) in [6, 6.07) is 3.80. The van der Waals surface area contributed by atoms with Gasteiger partial charge in [0, 0.05) is 5.39 Å². The summed E-state index contributed by atoms with van der Waals surface area (Å²) in [5.41, 5.74) is 2.27. The Kier molecular flexibility index (Phi) is 2.40. The molecule has 78 valence electrons. The summed E-state index contributed by atoms with van der Waals surface area (Å²) in [6.45, 7) is 1.94. The summed E-state index contributed by atoms with van der Waals surface area (Å²) in [4.78, 5) is 13.8. The summed E-state index contributed by atoms with van der Waals surface area (Å²) in [5, 5.41) is 1.15. The van der Waals surface area contributed by atoms with Crippen LogP contribution in [0.15, 0.2) is 12.1 Å². The zero-order chi connectivity index (χ0) is 11.0. The molecule has 0 unspecified atom stereocenters. The third-order valence-corrected chi connectivity index (χ3v) is 2.64. The van der Waals surface area contributed by atoms with Crippen molar-refractivity contribution in [1.82, 2.24) is 4.98 Å². The Hall–Kier alpha value is -1.48. The summed E-state index contributed by atoms with van der Waals surface area (Å²) in [6.07, 6.45) is 0.750. The number of aromatic amines is 1. The smallest absolute Gasteiger partial charge is 0.153 e. The molecule has 1 heterocycles. The maximum Gasteiger partial charge on any atom is 0.153 e. The molecule has 0 aliphatic rings. The van der Waals surface area contributed by atoms with Gasteiger partial charge in [0.05, 0.1) is 18.2 Å². The van der Waals surface area contributed by atoms with Crippen LogP contribution in [0.1, 0.15) is 15.9 Å². The van der Waals surface area contributed by atoms with Gasteiger partial charge in [0.25, 0.3) is 0 Å². The van der Waals surface area contributed by atoms with Crippen LogP contribution in [0.2, 0.25) is 5.15 Å². The van der Waals surface area contributed by atoms with Crippen LogP contribution in [-0.2, 0) is 0 Å². The van der Waals surface area contributed by atoms with Crippen molar-refractivity contribution in [3.8, 4) is 5.75 Å². The summed E-state index contributed by atoms with van der Waals surface area (Å²) >= 11 is 5.91. The van der Waals surface area contributed by atoms with E-state index in [1.54, 1.807) is 7.11 Å². The summed E-state index contributed by atoms with van der Waals surface area (Å²) in [5.74, 6) is 0.694. The molecule has 1 N–H and O–H groups in total. The van der Waals surface area contributed by atoms with Crippen LogP contribution in [0.25, 0.3) is 10.9 Å². The molecular formula is C11H10ClNO2. The lowest BCUT2D eigenvalue weighted by atomic mass is 10.1. The maximum atomic E-state index is 10.9. The van der Waals surface area contributed by atoms with Gasteiger partial charge in [-0.1, -0.05) is 11.6 Å². The number of carbonyl (C=O) groups is 1. The number of halogens is 1. The average Bonchev–Trinajstić information content (AvgIpc) is 2.52. The van der Waals surface area contributed by atoms with Gasteiger partial charge < -0.3 is 9.72 Å². The van der Waals surface area contributed by atoms with E-state index >= 15 is 0 Å². The van der Waals surface area contributed by atoms with Gasteiger partial charge in [-0.2, -0.15) is 0 Å². The standard InChI is InChI=1S/C11H10ClNO2/c1-6-3-7-8(5-14)11(12)13-10(7)9(4-6)15-2/h3-5,13H,1-2H3. The first-order chi connectivity index (χ1) is 7.17. The van der Waals surface area contributed by atoms with Gasteiger partial charge >= 0.3 is 0 Å². The molecule has 0 aliphatic heterocycles. The Morgan fingerprint density at radius 2 is 2.20 bits per heavy atom. The van der Waals surface area contributed by atoms with Crippen molar-refractivity contribution < 1.29 is 9.53 Å². The first kappa shape index (κ1) is 10.1. The fourth-order valence-corrected chi connectivity index (χ4v) is 1.91. The number of aromatic nitrogens is 1. The van der Waals surface area contributed by atoms with E-state index in [1.807, 2.05) is 19.1 Å². The molecule has 4 heteroatoms. The number of H-pyrrole nitrogens is 1. The molecule has 0 amide bonds. The second kappa shape index (κ2) is 3.59. The van der Waals surface area contributed by atoms with Crippen molar-refractivity contribution in [2.45, 2.75) is 6.92 Å². The molecule has 2 rings (SSSR count). The molecule has 0 fully saturated rings. The van der Waals surface area contributed by atoms with E-state index in [0.717, 1.165) is 22.8 Å². The molecule has 0 saturated carbocycles. The lowest BCUT2D eigenvalue weighted by Crippen LogP contribution is -1.86. The van der Waals surface area contributed by atoms with Crippen LogP contribution in [0.4, 0.5) is 0 Å². The molecular weight excluding hydrogens is 214 g/mol. The summed E-state index contributed by atoms with van der Waals surface area (Å²) < 4.78 is 5.22. The van der Waals surface area contributed by atoms with Crippen molar-refractivity contribution in [2.75, 3.05) is 7.11 Å². The fourth-order valence-electron chi connectivity index (χ4n) is 1.67. The van der Waals surface area contributed by atoms with Gasteiger partial charge in [0.1, 0.15) is 10.9 Å². The number of fused-ring (bicyclic) bond motifs is 1. The monoisotopic (exact) mass is 223 g/mol. The largest absolute Gasteiger partial charge is 0.495 e. The van der Waals surface area contributed by atoms with Gasteiger partial charge in [0.15, 0.2) is 6.29 Å². The number of methoxy groups -OCH3 is 1. The maximum absolute atomic E-state index is 10.9. The van der Waals surface area contributed by atoms with Gasteiger partial charge in [0.2, 0.25) is 0 Å². The molecule has 0 radical (unpaired) electrons. The molecule has 0 spiro atoms. The number of nitrogens with one attached hydrogen (secondary N) is 1. The Labute approximate surface area is 92.0 Å². The quantitative estimate of drug-likeness (QED) is 0.796. The molecule has 0 atom stereocenters. The SMILES string of the molecule is COc1cc(C)cc2c(C=O)c(Cl)[nH]c12. The normalized spacial score (nSPS) is 10.6. The second-order valence-corrected chi connectivity index (χ2v) is 3.74. The number of benzene rings is 1. The molecule has 1 aromatic carbocycles. The van der Waals surface area contributed by atoms with Crippen LogP contribution in [0, 0.1) is 6.92 Å². The predicted molar refractivity (Wildman–Crippen MR) is 60.0 cm³/mol. The summed E-state index contributed by atoms with van der Waals surface area (Å²) in [7, 11) is 1.59. The Bertz CT molecular complexity index is 531. The Balaban J connectivity index is 2.89. The predicted octanol–water partition coefficient (Wildman–Crippen LogP) is 2.95. The fraction of sp³-hybridized carbons (Fsp3) is 0.182. The number of aldehydes is 1. The Morgan fingerprint density at radius 1 is 1.47 bits per heavy atom. The van der Waals surface area contributed by atoms with E-state index in [2.05, 4.69) is 4.98 Å². The lowest BCUT2D eigenvalue weighted by Gasteiger charge is -2.03. The molecule has 0 saturated heterocycles. The van der Waals surface area contributed by atoms with Crippen LogP contribution < -0.4 is 4.74 Å². The Morgan fingerprint density at radius 3 is 2.80 bits per heavy atom. The molecule has 0 bridgehead atoms. The zero-order valence-electron chi connectivity index (χ0n) is 8.43. The highest BCUT2D eigenvalue weighted by Gasteiger charge is 2.12. The van der Waals surface area contributed by atoms with E-state index in [4.69, 9.17) is 16.3 Å². The first-order valence-electron chi connectivity index (χ1n) is 4.48. The van der Waals surface area contributed by atoms with Crippen LogP contribution in [0.3, 0.4) is 0 Å². The van der Waals surface area contributed by atoms with Crippen molar-refractivity contribution in [2.24, 2.45) is 0 Å². The number of ether oxygens (including phenoxy) is 1. The molecule has 15 heavy (non-hydrogen) atoms. The molecule has 3 nitrogen and oxygen atoms in total. The van der Waals surface area contributed by atoms with Crippen LogP contribution in [-0.4, -0.2) is 18.4 Å². The van der Waals surface area contributed by atoms with Crippen LogP contribution in [0.5, 0.6) is 5.75 Å². The van der Waals surface area contributed by atoms with Crippen molar-refractivity contribution >= 4 is 28.8 Å². The van der Waals surface area contributed by atoms with Gasteiger partial charge in [-0.25, -0.2) is 0 Å². The minimum Gasteiger partial charge on any atom is -0.495 e. The van der Waals surface area contributed by atoms with E-state index in [1.165, 1.54) is 0 Å². The van der Waals surface area contributed by atoms with Gasteiger partial charge in [-0.15, -0.1) is 0 Å². The van der Waals surface area contributed by atoms with Gasteiger partial charge in [-0.3, -0.25) is 4.79 Å². The highest BCUT2D eigenvalue weighted by molar-refractivity contribution is 6.34. The number of aryl methyl sites for hydroxylation is 1.